The highest BCUT2D eigenvalue weighted by Crippen LogP contribution is 2.25. The molecule has 1 aromatic heterocycles. The molecule has 0 aliphatic carbocycles. The molecule has 1 aliphatic rings. The van der Waals surface area contributed by atoms with Crippen molar-refractivity contribution in [1.82, 2.24) is 19.4 Å². The topological polar surface area (TPSA) is 58.4 Å². The number of rotatable bonds is 4. The van der Waals surface area contributed by atoms with Crippen LogP contribution in [-0.4, -0.2) is 51.9 Å². The van der Waals surface area contributed by atoms with Crippen LogP contribution in [0.1, 0.15) is 18.0 Å². The first-order valence-electron chi connectivity index (χ1n) is 9.60. The Bertz CT molecular complexity index is 1030. The second kappa shape index (κ2) is 7.94. The summed E-state index contributed by atoms with van der Waals surface area (Å²) in [6.07, 6.45) is 1.82. The molecule has 1 amide bonds. The van der Waals surface area contributed by atoms with Gasteiger partial charge in [-0.2, -0.15) is 0 Å². The van der Waals surface area contributed by atoms with Crippen LogP contribution in [0, 0.1) is 0 Å². The van der Waals surface area contributed by atoms with E-state index in [0.29, 0.717) is 24.0 Å². The molecule has 1 unspecified atom stereocenters. The predicted octanol–water partition coefficient (Wildman–Crippen LogP) is 2.30. The van der Waals surface area contributed by atoms with Crippen LogP contribution in [0.5, 0.6) is 0 Å². The number of nitrogens with zero attached hydrogens (tertiary/aromatic N) is 4. The Balaban J connectivity index is 1.51. The van der Waals surface area contributed by atoms with E-state index in [2.05, 4.69) is 29.1 Å². The smallest absolute Gasteiger partial charge is 0.261 e. The van der Waals surface area contributed by atoms with E-state index < -0.39 is 0 Å². The summed E-state index contributed by atoms with van der Waals surface area (Å²) in [5, 5.41) is 0.583. The molecular weight excluding hydrogens is 352 g/mol. The zero-order valence-electron chi connectivity index (χ0n) is 16.0. The molecule has 1 fully saturated rings. The van der Waals surface area contributed by atoms with Gasteiger partial charge in [0, 0.05) is 32.6 Å². The number of amides is 1. The lowest BCUT2D eigenvalue weighted by atomic mass is 10.0. The van der Waals surface area contributed by atoms with E-state index in [9.17, 15) is 9.59 Å². The highest BCUT2D eigenvalue weighted by Gasteiger charge is 2.29. The van der Waals surface area contributed by atoms with E-state index in [1.54, 1.807) is 6.07 Å². The van der Waals surface area contributed by atoms with Crippen molar-refractivity contribution in [2.75, 3.05) is 26.7 Å². The SMILES string of the molecule is CN1CCN(C(=O)CCn2cnc3ccccc3c2=O)C(c2ccccc2)C1. The largest absolute Gasteiger partial charge is 0.333 e. The Morgan fingerprint density at radius 2 is 1.82 bits per heavy atom. The lowest BCUT2D eigenvalue weighted by molar-refractivity contribution is -0.136. The van der Waals surface area contributed by atoms with E-state index in [-0.39, 0.29) is 23.9 Å². The van der Waals surface area contributed by atoms with Gasteiger partial charge in [0.1, 0.15) is 0 Å². The van der Waals surface area contributed by atoms with Crippen LogP contribution >= 0.6 is 0 Å². The molecule has 0 N–H and O–H groups in total. The molecule has 1 saturated heterocycles. The lowest BCUT2D eigenvalue weighted by Crippen LogP contribution is -2.49. The molecule has 0 spiro atoms. The van der Waals surface area contributed by atoms with Crippen LogP contribution in [0.3, 0.4) is 0 Å². The average molecular weight is 376 g/mol. The highest BCUT2D eigenvalue weighted by molar-refractivity contribution is 5.78. The molecule has 4 rings (SSSR count). The van der Waals surface area contributed by atoms with Crippen molar-refractivity contribution in [3.05, 3.63) is 76.8 Å². The normalized spacial score (nSPS) is 17.8. The second-order valence-corrected chi connectivity index (χ2v) is 7.29. The number of hydrogen-bond acceptors (Lipinski definition) is 4. The fourth-order valence-electron chi connectivity index (χ4n) is 3.80. The Morgan fingerprint density at radius 1 is 1.07 bits per heavy atom. The Hall–Kier alpha value is -2.99. The van der Waals surface area contributed by atoms with Crippen molar-refractivity contribution >= 4 is 16.8 Å². The monoisotopic (exact) mass is 376 g/mol. The lowest BCUT2D eigenvalue weighted by Gasteiger charge is -2.40. The van der Waals surface area contributed by atoms with Gasteiger partial charge in [0.05, 0.1) is 23.3 Å². The van der Waals surface area contributed by atoms with Crippen molar-refractivity contribution in [3.63, 3.8) is 0 Å². The first-order chi connectivity index (χ1) is 13.6. The van der Waals surface area contributed by atoms with Crippen molar-refractivity contribution in [2.24, 2.45) is 0 Å². The van der Waals surface area contributed by atoms with Crippen molar-refractivity contribution in [1.29, 1.82) is 0 Å². The maximum Gasteiger partial charge on any atom is 0.261 e. The molecule has 3 aromatic rings. The van der Waals surface area contributed by atoms with Gasteiger partial charge < -0.3 is 9.80 Å². The first-order valence-corrected chi connectivity index (χ1v) is 9.60. The molecule has 0 radical (unpaired) electrons. The summed E-state index contributed by atoms with van der Waals surface area (Å²) in [5.74, 6) is 0.0713. The number of carbonyl (C=O) groups excluding carboxylic acids is 1. The quantitative estimate of drug-likeness (QED) is 0.701. The minimum absolute atomic E-state index is 0.0406. The van der Waals surface area contributed by atoms with E-state index in [1.807, 2.05) is 41.3 Å². The minimum Gasteiger partial charge on any atom is -0.333 e. The van der Waals surface area contributed by atoms with Crippen LogP contribution in [0.25, 0.3) is 10.9 Å². The van der Waals surface area contributed by atoms with E-state index in [1.165, 1.54) is 10.9 Å². The molecule has 6 nitrogen and oxygen atoms in total. The summed E-state index contributed by atoms with van der Waals surface area (Å²) in [4.78, 5) is 34.2. The van der Waals surface area contributed by atoms with Crippen LogP contribution in [-0.2, 0) is 11.3 Å². The van der Waals surface area contributed by atoms with E-state index in [0.717, 1.165) is 18.7 Å². The summed E-state index contributed by atoms with van der Waals surface area (Å²) in [6, 6.07) is 17.5. The number of aryl methyl sites for hydroxylation is 1. The van der Waals surface area contributed by atoms with Crippen molar-refractivity contribution in [2.45, 2.75) is 19.0 Å². The van der Waals surface area contributed by atoms with Gasteiger partial charge >= 0.3 is 0 Å². The summed E-state index contributed by atoms with van der Waals surface area (Å²) in [7, 11) is 2.08. The maximum absolute atomic E-state index is 13.0. The number of aromatic nitrogens is 2. The highest BCUT2D eigenvalue weighted by atomic mass is 16.2. The molecule has 2 heterocycles. The zero-order valence-corrected chi connectivity index (χ0v) is 16.0. The first kappa shape index (κ1) is 18.4. The Morgan fingerprint density at radius 3 is 2.64 bits per heavy atom. The average Bonchev–Trinajstić information content (AvgIpc) is 2.74. The molecule has 0 bridgehead atoms. The molecule has 28 heavy (non-hydrogen) atoms. The summed E-state index contributed by atoms with van der Waals surface area (Å²) in [5.41, 5.74) is 1.72. The molecular formula is C22H24N4O2. The van der Waals surface area contributed by atoms with Crippen LogP contribution in [0.4, 0.5) is 0 Å². The number of benzene rings is 2. The maximum atomic E-state index is 13.0. The van der Waals surface area contributed by atoms with Gasteiger partial charge in [-0.05, 0) is 24.7 Å². The molecule has 1 atom stereocenters. The molecule has 144 valence electrons. The van der Waals surface area contributed by atoms with Gasteiger partial charge in [0.2, 0.25) is 5.91 Å². The summed E-state index contributed by atoms with van der Waals surface area (Å²) >= 11 is 0. The fourth-order valence-corrected chi connectivity index (χ4v) is 3.80. The van der Waals surface area contributed by atoms with Gasteiger partial charge in [-0.15, -0.1) is 0 Å². The van der Waals surface area contributed by atoms with Gasteiger partial charge in [-0.3, -0.25) is 14.2 Å². The zero-order chi connectivity index (χ0) is 19.5. The number of carbonyl (C=O) groups is 1. The third-order valence-electron chi connectivity index (χ3n) is 5.39. The number of likely N-dealkylation sites (N-methyl/N-ethyl adjacent to an activating group) is 1. The van der Waals surface area contributed by atoms with Crippen molar-refractivity contribution in [3.8, 4) is 0 Å². The third-order valence-corrected chi connectivity index (χ3v) is 5.39. The number of fused-ring (bicyclic) bond motifs is 1. The van der Waals surface area contributed by atoms with E-state index in [4.69, 9.17) is 0 Å². The van der Waals surface area contributed by atoms with Crippen LogP contribution in [0.2, 0.25) is 0 Å². The van der Waals surface area contributed by atoms with Gasteiger partial charge in [-0.25, -0.2) is 4.98 Å². The predicted molar refractivity (Wildman–Crippen MR) is 109 cm³/mol. The third kappa shape index (κ3) is 3.68. The Kier molecular flexibility index (Phi) is 5.21. The summed E-state index contributed by atoms with van der Waals surface area (Å²) < 4.78 is 1.54. The number of hydrogen-bond donors (Lipinski definition) is 0. The van der Waals surface area contributed by atoms with Crippen LogP contribution in [0.15, 0.2) is 65.7 Å². The second-order valence-electron chi connectivity index (χ2n) is 7.29. The molecule has 6 heteroatoms. The molecule has 2 aromatic carbocycles. The minimum atomic E-state index is -0.101. The number of piperazine rings is 1. The van der Waals surface area contributed by atoms with Crippen molar-refractivity contribution < 1.29 is 4.79 Å². The molecule has 0 saturated carbocycles. The van der Waals surface area contributed by atoms with E-state index >= 15 is 0 Å². The van der Waals surface area contributed by atoms with Gasteiger partial charge in [0.15, 0.2) is 0 Å². The molecule has 1 aliphatic heterocycles. The van der Waals surface area contributed by atoms with Gasteiger partial charge in [-0.1, -0.05) is 42.5 Å². The van der Waals surface area contributed by atoms with Gasteiger partial charge in [0.25, 0.3) is 5.56 Å². The fraction of sp³-hybridized carbons (Fsp3) is 0.318. The standard InChI is InChI=1S/C22H24N4O2/c1-24-13-14-26(20(15-24)17-7-3-2-4-8-17)21(27)11-12-25-16-23-19-10-6-5-9-18(19)22(25)28/h2-10,16,20H,11-15H2,1H3. The Labute approximate surface area is 164 Å². The summed E-state index contributed by atoms with van der Waals surface area (Å²) in [6.45, 7) is 2.70. The number of para-hydroxylation sites is 1. The van der Waals surface area contributed by atoms with Crippen LogP contribution < -0.4 is 5.56 Å².